The zero-order chi connectivity index (χ0) is 11.6. The molecule has 0 bridgehead atoms. The Morgan fingerprint density at radius 1 is 1.31 bits per heavy atom. The van der Waals surface area contributed by atoms with Gasteiger partial charge in [0.1, 0.15) is 5.67 Å². The van der Waals surface area contributed by atoms with Crippen molar-refractivity contribution < 1.29 is 4.39 Å². The summed E-state index contributed by atoms with van der Waals surface area (Å²) in [5.74, 6) is 0. The van der Waals surface area contributed by atoms with Gasteiger partial charge < -0.3 is 10.6 Å². The first-order valence-electron chi connectivity index (χ1n) is 5.80. The SMILES string of the molecule is CN1CCC(F)(Cc2ccccc2N)CC1. The van der Waals surface area contributed by atoms with Gasteiger partial charge in [0.15, 0.2) is 0 Å². The lowest BCUT2D eigenvalue weighted by molar-refractivity contribution is 0.0699. The summed E-state index contributed by atoms with van der Waals surface area (Å²) >= 11 is 0. The molecule has 0 aliphatic carbocycles. The van der Waals surface area contributed by atoms with Gasteiger partial charge in [0.2, 0.25) is 0 Å². The molecule has 1 aliphatic heterocycles. The minimum Gasteiger partial charge on any atom is -0.399 e. The molecule has 2 nitrogen and oxygen atoms in total. The monoisotopic (exact) mass is 222 g/mol. The lowest BCUT2D eigenvalue weighted by atomic mass is 9.87. The average molecular weight is 222 g/mol. The van der Waals surface area contributed by atoms with Crippen LogP contribution in [0.3, 0.4) is 0 Å². The van der Waals surface area contributed by atoms with Crippen molar-refractivity contribution in [3.8, 4) is 0 Å². The van der Waals surface area contributed by atoms with Crippen LogP contribution in [0, 0.1) is 0 Å². The molecule has 0 radical (unpaired) electrons. The summed E-state index contributed by atoms with van der Waals surface area (Å²) in [5.41, 5.74) is 6.43. The van der Waals surface area contributed by atoms with Crippen molar-refractivity contribution in [1.82, 2.24) is 4.90 Å². The van der Waals surface area contributed by atoms with Crippen LogP contribution in [-0.2, 0) is 6.42 Å². The summed E-state index contributed by atoms with van der Waals surface area (Å²) in [6.07, 6.45) is 1.67. The predicted molar refractivity (Wildman–Crippen MR) is 65.1 cm³/mol. The molecule has 1 aromatic rings. The molecular weight excluding hydrogens is 203 g/mol. The van der Waals surface area contributed by atoms with Crippen molar-refractivity contribution in [1.29, 1.82) is 0 Å². The van der Waals surface area contributed by atoms with Crippen molar-refractivity contribution in [3.63, 3.8) is 0 Å². The third-order valence-corrected chi connectivity index (χ3v) is 3.45. The number of benzene rings is 1. The topological polar surface area (TPSA) is 29.3 Å². The van der Waals surface area contributed by atoms with E-state index in [1.54, 1.807) is 0 Å². The van der Waals surface area contributed by atoms with Crippen LogP contribution in [-0.4, -0.2) is 30.7 Å². The van der Waals surface area contributed by atoms with Gasteiger partial charge in [-0.25, -0.2) is 4.39 Å². The molecular formula is C13H19FN2. The summed E-state index contributed by atoms with van der Waals surface area (Å²) in [5, 5.41) is 0. The standard InChI is InChI=1S/C13H19FN2/c1-16-8-6-13(14,7-9-16)10-11-4-2-3-5-12(11)15/h2-5H,6-10,15H2,1H3. The maximum atomic E-state index is 14.5. The number of hydrogen-bond donors (Lipinski definition) is 1. The van der Waals surface area contributed by atoms with E-state index in [4.69, 9.17) is 5.73 Å². The summed E-state index contributed by atoms with van der Waals surface area (Å²) in [4.78, 5) is 2.17. The highest BCUT2D eigenvalue weighted by atomic mass is 19.1. The second kappa shape index (κ2) is 4.42. The molecule has 2 rings (SSSR count). The number of anilines is 1. The minimum atomic E-state index is -1.07. The Morgan fingerprint density at radius 3 is 2.56 bits per heavy atom. The lowest BCUT2D eigenvalue weighted by Crippen LogP contribution is -2.41. The van der Waals surface area contributed by atoms with E-state index in [1.165, 1.54) is 0 Å². The van der Waals surface area contributed by atoms with E-state index in [0.29, 0.717) is 24.9 Å². The lowest BCUT2D eigenvalue weighted by Gasteiger charge is -2.34. The number of nitrogens with two attached hydrogens (primary N) is 1. The third kappa shape index (κ3) is 2.53. The number of nitrogen functional groups attached to an aromatic ring is 1. The first-order chi connectivity index (χ1) is 7.59. The van der Waals surface area contributed by atoms with Crippen LogP contribution in [0.5, 0.6) is 0 Å². The van der Waals surface area contributed by atoms with Crippen LogP contribution in [0.2, 0.25) is 0 Å². The Bertz CT molecular complexity index is 357. The molecule has 1 aliphatic rings. The Morgan fingerprint density at radius 2 is 1.94 bits per heavy atom. The van der Waals surface area contributed by atoms with Gasteiger partial charge in [0.25, 0.3) is 0 Å². The number of hydrogen-bond acceptors (Lipinski definition) is 2. The molecule has 88 valence electrons. The Hall–Kier alpha value is -1.09. The van der Waals surface area contributed by atoms with Gasteiger partial charge in [-0.3, -0.25) is 0 Å². The molecule has 0 spiro atoms. The Balaban J connectivity index is 2.07. The quantitative estimate of drug-likeness (QED) is 0.778. The highest BCUT2D eigenvalue weighted by molar-refractivity contribution is 5.47. The maximum absolute atomic E-state index is 14.5. The first kappa shape index (κ1) is 11.4. The van der Waals surface area contributed by atoms with Gasteiger partial charge >= 0.3 is 0 Å². The fraction of sp³-hybridized carbons (Fsp3) is 0.538. The fourth-order valence-electron chi connectivity index (χ4n) is 2.23. The van der Waals surface area contributed by atoms with E-state index in [1.807, 2.05) is 31.3 Å². The number of para-hydroxylation sites is 1. The van der Waals surface area contributed by atoms with Gasteiger partial charge in [-0.15, -0.1) is 0 Å². The molecule has 0 saturated carbocycles. The highest BCUT2D eigenvalue weighted by Crippen LogP contribution is 2.31. The van der Waals surface area contributed by atoms with Gasteiger partial charge in [0, 0.05) is 25.2 Å². The van der Waals surface area contributed by atoms with Gasteiger partial charge in [-0.1, -0.05) is 18.2 Å². The van der Waals surface area contributed by atoms with Crippen LogP contribution in [0.25, 0.3) is 0 Å². The molecule has 3 heteroatoms. The average Bonchev–Trinajstić information content (AvgIpc) is 2.27. The number of halogens is 1. The summed E-state index contributed by atoms with van der Waals surface area (Å²) in [6, 6.07) is 7.57. The van der Waals surface area contributed by atoms with Gasteiger partial charge in [-0.2, -0.15) is 0 Å². The van der Waals surface area contributed by atoms with Crippen LogP contribution in [0.15, 0.2) is 24.3 Å². The number of nitrogens with zero attached hydrogens (tertiary/aromatic N) is 1. The van der Waals surface area contributed by atoms with E-state index in [-0.39, 0.29) is 0 Å². The van der Waals surface area contributed by atoms with Crippen molar-refractivity contribution in [2.24, 2.45) is 0 Å². The van der Waals surface area contributed by atoms with Crippen molar-refractivity contribution in [2.45, 2.75) is 24.9 Å². The number of likely N-dealkylation sites (tertiary alicyclic amines) is 1. The van der Waals surface area contributed by atoms with Crippen LogP contribution < -0.4 is 5.73 Å². The van der Waals surface area contributed by atoms with Gasteiger partial charge in [-0.05, 0) is 31.5 Å². The number of rotatable bonds is 2. The molecule has 1 aromatic carbocycles. The molecule has 0 amide bonds. The Kier molecular flexibility index (Phi) is 3.15. The summed E-state index contributed by atoms with van der Waals surface area (Å²) < 4.78 is 14.5. The van der Waals surface area contributed by atoms with E-state index < -0.39 is 5.67 Å². The van der Waals surface area contributed by atoms with E-state index >= 15 is 0 Å². The Labute approximate surface area is 96.2 Å². The number of alkyl halides is 1. The van der Waals surface area contributed by atoms with Crippen LogP contribution >= 0.6 is 0 Å². The first-order valence-corrected chi connectivity index (χ1v) is 5.80. The second-order valence-corrected chi connectivity index (χ2v) is 4.83. The van der Waals surface area contributed by atoms with Crippen molar-refractivity contribution in [2.75, 3.05) is 25.9 Å². The zero-order valence-electron chi connectivity index (χ0n) is 9.75. The normalized spacial score (nSPS) is 20.9. The second-order valence-electron chi connectivity index (χ2n) is 4.83. The van der Waals surface area contributed by atoms with Crippen LogP contribution in [0.4, 0.5) is 10.1 Å². The smallest absolute Gasteiger partial charge is 0.117 e. The highest BCUT2D eigenvalue weighted by Gasteiger charge is 2.33. The molecule has 1 fully saturated rings. The van der Waals surface area contributed by atoms with Crippen LogP contribution in [0.1, 0.15) is 18.4 Å². The fourth-order valence-corrected chi connectivity index (χ4v) is 2.23. The number of piperidine rings is 1. The zero-order valence-corrected chi connectivity index (χ0v) is 9.75. The predicted octanol–water partition coefficient (Wildman–Crippen LogP) is 2.25. The van der Waals surface area contributed by atoms with E-state index in [9.17, 15) is 4.39 Å². The molecule has 2 N–H and O–H groups in total. The molecule has 1 saturated heterocycles. The summed E-state index contributed by atoms with van der Waals surface area (Å²) in [7, 11) is 2.04. The third-order valence-electron chi connectivity index (χ3n) is 3.45. The molecule has 0 aromatic heterocycles. The maximum Gasteiger partial charge on any atom is 0.117 e. The van der Waals surface area contributed by atoms with Gasteiger partial charge in [0.05, 0.1) is 0 Å². The van der Waals surface area contributed by atoms with E-state index in [2.05, 4.69) is 4.90 Å². The van der Waals surface area contributed by atoms with Crippen molar-refractivity contribution >= 4 is 5.69 Å². The molecule has 0 atom stereocenters. The summed E-state index contributed by atoms with van der Waals surface area (Å²) in [6.45, 7) is 1.67. The largest absolute Gasteiger partial charge is 0.399 e. The molecule has 1 heterocycles. The van der Waals surface area contributed by atoms with Crippen molar-refractivity contribution in [3.05, 3.63) is 29.8 Å². The van der Waals surface area contributed by atoms with E-state index in [0.717, 1.165) is 18.7 Å². The molecule has 0 unspecified atom stereocenters. The molecule has 16 heavy (non-hydrogen) atoms. The minimum absolute atomic E-state index is 0.452.